The normalized spacial score (nSPS) is 20.6. The fourth-order valence-corrected chi connectivity index (χ4v) is 2.93. The lowest BCUT2D eigenvalue weighted by atomic mass is 10.1. The first-order valence-electron chi connectivity index (χ1n) is 8.53. The summed E-state index contributed by atoms with van der Waals surface area (Å²) in [5, 5.41) is 5.71. The molecule has 2 aliphatic heterocycles. The van der Waals surface area contributed by atoms with Crippen molar-refractivity contribution in [1.29, 1.82) is 0 Å². The molecule has 0 bridgehead atoms. The summed E-state index contributed by atoms with van der Waals surface area (Å²) in [6.07, 6.45) is 0. The molecule has 0 unspecified atom stereocenters. The molecule has 2 N–H and O–H groups in total. The van der Waals surface area contributed by atoms with E-state index in [1.807, 2.05) is 30.6 Å². The van der Waals surface area contributed by atoms with Gasteiger partial charge in [0.2, 0.25) is 17.7 Å². The minimum absolute atomic E-state index is 0.0154. The van der Waals surface area contributed by atoms with Gasteiger partial charge in [0.05, 0.1) is 19.6 Å². The fourth-order valence-electron chi connectivity index (χ4n) is 2.93. The Kier molecular flexibility index (Phi) is 6.17. The molecule has 136 valence electrons. The van der Waals surface area contributed by atoms with Crippen LogP contribution in [-0.2, 0) is 14.4 Å². The van der Waals surface area contributed by atoms with Crippen LogP contribution in [0.4, 0.5) is 0 Å². The molecule has 0 radical (unpaired) electrons. The van der Waals surface area contributed by atoms with Crippen molar-refractivity contribution >= 4 is 17.7 Å². The minimum atomic E-state index is -0.227. The summed E-state index contributed by atoms with van der Waals surface area (Å²) in [6.45, 7) is 10.8. The molecule has 2 fully saturated rings. The Morgan fingerprint density at radius 2 is 1.71 bits per heavy atom. The van der Waals surface area contributed by atoms with Gasteiger partial charge >= 0.3 is 0 Å². The molecule has 2 rings (SSSR count). The maximum atomic E-state index is 12.3. The van der Waals surface area contributed by atoms with Crippen molar-refractivity contribution in [3.8, 4) is 0 Å². The number of piperazine rings is 2. The third-order valence-corrected chi connectivity index (χ3v) is 4.08. The molecule has 24 heavy (non-hydrogen) atoms. The van der Waals surface area contributed by atoms with Gasteiger partial charge in [-0.05, 0) is 20.8 Å². The number of carbonyl (C=O) groups is 3. The molecule has 8 nitrogen and oxygen atoms in total. The van der Waals surface area contributed by atoms with Crippen molar-refractivity contribution in [2.45, 2.75) is 26.3 Å². The highest BCUT2D eigenvalue weighted by atomic mass is 16.2. The zero-order valence-electron chi connectivity index (χ0n) is 14.9. The fraction of sp³-hybridized carbons (Fsp3) is 0.812. The predicted molar refractivity (Wildman–Crippen MR) is 90.4 cm³/mol. The molecule has 0 atom stereocenters. The number of carbonyl (C=O) groups excluding carboxylic acids is 3. The number of rotatable bonds is 4. The van der Waals surface area contributed by atoms with Crippen LogP contribution < -0.4 is 10.6 Å². The lowest BCUT2D eigenvalue weighted by molar-refractivity contribution is -0.135. The third-order valence-electron chi connectivity index (χ3n) is 4.08. The molecular weight excluding hydrogens is 310 g/mol. The number of nitrogens with zero attached hydrogens (tertiary/aromatic N) is 3. The second-order valence-corrected chi connectivity index (χ2v) is 7.52. The Hall–Kier alpha value is -1.67. The quantitative estimate of drug-likeness (QED) is 0.650. The van der Waals surface area contributed by atoms with Crippen LogP contribution in [0.2, 0.25) is 0 Å². The smallest absolute Gasteiger partial charge is 0.236 e. The van der Waals surface area contributed by atoms with Gasteiger partial charge in [-0.2, -0.15) is 0 Å². The van der Waals surface area contributed by atoms with Gasteiger partial charge in [0.1, 0.15) is 0 Å². The number of hydrogen-bond donors (Lipinski definition) is 2. The topological polar surface area (TPSA) is 85.0 Å². The SMILES string of the molecule is CC(C)(C)NC(=O)CN1CCN(C(=O)CN2CCNC(=O)C2)CC1. The van der Waals surface area contributed by atoms with E-state index < -0.39 is 0 Å². The van der Waals surface area contributed by atoms with Gasteiger partial charge in [0.15, 0.2) is 0 Å². The van der Waals surface area contributed by atoms with Crippen LogP contribution in [0.1, 0.15) is 20.8 Å². The molecular formula is C16H29N5O3. The van der Waals surface area contributed by atoms with Crippen molar-refractivity contribution in [3.05, 3.63) is 0 Å². The van der Waals surface area contributed by atoms with Crippen molar-refractivity contribution in [2.24, 2.45) is 0 Å². The Labute approximate surface area is 143 Å². The lowest BCUT2D eigenvalue weighted by Gasteiger charge is -2.36. The van der Waals surface area contributed by atoms with E-state index in [4.69, 9.17) is 0 Å². The van der Waals surface area contributed by atoms with Crippen LogP contribution in [0.3, 0.4) is 0 Å². The van der Waals surface area contributed by atoms with Crippen LogP contribution in [0.25, 0.3) is 0 Å². The summed E-state index contributed by atoms with van der Waals surface area (Å²) >= 11 is 0. The van der Waals surface area contributed by atoms with Crippen LogP contribution >= 0.6 is 0 Å². The molecule has 0 aromatic rings. The summed E-state index contributed by atoms with van der Waals surface area (Å²) in [5.74, 6) is 0.0498. The maximum absolute atomic E-state index is 12.3. The highest BCUT2D eigenvalue weighted by Crippen LogP contribution is 2.05. The van der Waals surface area contributed by atoms with E-state index in [-0.39, 0.29) is 29.8 Å². The van der Waals surface area contributed by atoms with Crippen molar-refractivity contribution in [3.63, 3.8) is 0 Å². The molecule has 0 aromatic carbocycles. The second-order valence-electron chi connectivity index (χ2n) is 7.52. The van der Waals surface area contributed by atoms with Crippen molar-refractivity contribution in [2.75, 3.05) is 58.9 Å². The zero-order chi connectivity index (χ0) is 17.7. The van der Waals surface area contributed by atoms with Crippen LogP contribution in [0, 0.1) is 0 Å². The van der Waals surface area contributed by atoms with Crippen LogP contribution in [0.5, 0.6) is 0 Å². The standard InChI is InChI=1S/C16H29N5O3/c1-16(2,3)18-14(23)11-19-6-8-21(9-7-19)15(24)12-20-5-4-17-13(22)10-20/h4-12H2,1-3H3,(H,17,22)(H,18,23). The summed E-state index contributed by atoms with van der Waals surface area (Å²) in [7, 11) is 0. The molecule has 2 saturated heterocycles. The van der Waals surface area contributed by atoms with Crippen molar-refractivity contribution in [1.82, 2.24) is 25.3 Å². The van der Waals surface area contributed by atoms with E-state index in [2.05, 4.69) is 15.5 Å². The molecule has 3 amide bonds. The lowest BCUT2D eigenvalue weighted by Crippen LogP contribution is -2.55. The van der Waals surface area contributed by atoms with Crippen LogP contribution in [0.15, 0.2) is 0 Å². The molecule has 0 saturated carbocycles. The summed E-state index contributed by atoms with van der Waals surface area (Å²) in [6, 6.07) is 0. The zero-order valence-corrected chi connectivity index (χ0v) is 14.9. The van der Waals surface area contributed by atoms with E-state index >= 15 is 0 Å². The van der Waals surface area contributed by atoms with Crippen LogP contribution in [-0.4, -0.2) is 96.9 Å². The highest BCUT2D eigenvalue weighted by molar-refractivity contribution is 5.82. The monoisotopic (exact) mass is 339 g/mol. The molecule has 0 aromatic heterocycles. The Morgan fingerprint density at radius 1 is 1.04 bits per heavy atom. The average Bonchev–Trinajstić information content (AvgIpc) is 2.45. The number of hydrogen-bond acceptors (Lipinski definition) is 5. The Bertz CT molecular complexity index is 481. The van der Waals surface area contributed by atoms with Gasteiger partial charge in [-0.3, -0.25) is 24.2 Å². The van der Waals surface area contributed by atoms with Gasteiger partial charge in [-0.25, -0.2) is 0 Å². The summed E-state index contributed by atoms with van der Waals surface area (Å²) in [4.78, 5) is 41.4. The van der Waals surface area contributed by atoms with E-state index in [1.54, 1.807) is 0 Å². The molecule has 8 heteroatoms. The molecule has 2 aliphatic rings. The number of nitrogens with one attached hydrogen (secondary N) is 2. The molecule has 2 heterocycles. The average molecular weight is 339 g/mol. The largest absolute Gasteiger partial charge is 0.354 e. The summed E-state index contributed by atoms with van der Waals surface area (Å²) in [5.41, 5.74) is -0.227. The second kappa shape index (κ2) is 7.94. The maximum Gasteiger partial charge on any atom is 0.236 e. The van der Waals surface area contributed by atoms with E-state index in [0.29, 0.717) is 52.4 Å². The first kappa shape index (κ1) is 18.7. The first-order chi connectivity index (χ1) is 11.2. The van der Waals surface area contributed by atoms with E-state index in [9.17, 15) is 14.4 Å². The van der Waals surface area contributed by atoms with E-state index in [0.717, 1.165) is 0 Å². The molecule has 0 spiro atoms. The van der Waals surface area contributed by atoms with Gasteiger partial charge in [0, 0.05) is 44.8 Å². The summed E-state index contributed by atoms with van der Waals surface area (Å²) < 4.78 is 0. The highest BCUT2D eigenvalue weighted by Gasteiger charge is 2.26. The van der Waals surface area contributed by atoms with Gasteiger partial charge in [-0.15, -0.1) is 0 Å². The van der Waals surface area contributed by atoms with E-state index in [1.165, 1.54) is 0 Å². The Morgan fingerprint density at radius 3 is 2.29 bits per heavy atom. The Balaban J connectivity index is 1.71. The van der Waals surface area contributed by atoms with Crippen molar-refractivity contribution < 1.29 is 14.4 Å². The van der Waals surface area contributed by atoms with Gasteiger partial charge in [-0.1, -0.05) is 0 Å². The molecule has 0 aliphatic carbocycles. The third kappa shape index (κ3) is 6.09. The van der Waals surface area contributed by atoms with Gasteiger partial charge in [0.25, 0.3) is 0 Å². The number of amides is 3. The first-order valence-corrected chi connectivity index (χ1v) is 8.53. The van der Waals surface area contributed by atoms with Gasteiger partial charge < -0.3 is 15.5 Å². The minimum Gasteiger partial charge on any atom is -0.354 e. The predicted octanol–water partition coefficient (Wildman–Crippen LogP) is -1.52.